The van der Waals surface area contributed by atoms with E-state index in [0.29, 0.717) is 5.82 Å². The summed E-state index contributed by atoms with van der Waals surface area (Å²) < 4.78 is 7.26. The summed E-state index contributed by atoms with van der Waals surface area (Å²) in [6, 6.07) is 107. The van der Waals surface area contributed by atoms with Crippen LogP contribution in [0.4, 0.5) is 11.4 Å². The third-order valence-corrected chi connectivity index (χ3v) is 19.9. The fourth-order valence-electron chi connectivity index (χ4n) is 16.2. The molecule has 5 heterocycles. The number of fused-ring (bicyclic) bond motifs is 15. The SMILES string of the molecule is C1=CC2c3c(-c4cccc5c4c4ccccc4n5-c4ccccc4)cccc3N(c3cccc(-c4nc(-c5cccc(-n6c7ccccc7c7c(-c8cccc9c8c8ccccc8n9-c8ccccc8)cccc76)c5)nc5c4-c4cccc6cccc-5c46)c3)C2C=C1. The molecule has 2 unspecified atom stereocenters. The molecule has 20 rings (SSSR count). The van der Waals surface area contributed by atoms with Gasteiger partial charge in [0.25, 0.3) is 0 Å². The third kappa shape index (κ3) is 7.26. The number of para-hydroxylation sites is 5. The van der Waals surface area contributed by atoms with Crippen molar-refractivity contribution in [3.63, 3.8) is 0 Å². The molecule has 17 aromatic rings. The highest BCUT2D eigenvalue weighted by molar-refractivity contribution is 6.23. The number of nitrogens with zero attached hydrogens (tertiary/aromatic N) is 6. The predicted molar refractivity (Wildman–Crippen MR) is 382 cm³/mol. The molecule has 0 spiro atoms. The number of aromatic nitrogens is 5. The van der Waals surface area contributed by atoms with Gasteiger partial charge in [0.15, 0.2) is 5.82 Å². The lowest BCUT2D eigenvalue weighted by atomic mass is 9.85. The van der Waals surface area contributed by atoms with Crippen LogP contribution < -0.4 is 4.90 Å². The van der Waals surface area contributed by atoms with Crippen molar-refractivity contribution < 1.29 is 0 Å². The summed E-state index contributed by atoms with van der Waals surface area (Å²) in [4.78, 5) is 14.0. The third-order valence-electron chi connectivity index (χ3n) is 19.9. The number of hydrogen-bond acceptors (Lipinski definition) is 3. The van der Waals surface area contributed by atoms with Crippen molar-refractivity contribution in [2.75, 3.05) is 4.90 Å². The maximum Gasteiger partial charge on any atom is 0.160 e. The van der Waals surface area contributed by atoms with E-state index >= 15 is 0 Å². The molecule has 1 aliphatic heterocycles. The number of rotatable bonds is 8. The first kappa shape index (κ1) is 50.8. The Bertz CT molecular complexity index is 6030. The number of benzene rings is 13. The standard InChI is InChI=1S/C86H54N6/c1-3-27-56(28-4-1)89-70-43-11-7-33-64(70)79-60(37-19-47-74(79)89)62-39-21-49-76-81(62)66-35-9-13-45-72(66)91(76)58-31-15-25-54(51-58)84-83-68-41-17-23-53-24-18-42-69(78(53)68)85(83)88-86(87-84)55-26-16-32-59(52-55)92-73-46-14-10-36-67(73)82-63(40-22-50-77(82)92)61-38-20-48-75-80(61)65-34-8-12-44-71(65)90(75)57-29-5-2-6-30-57/h1-52,66,72H. The van der Waals surface area contributed by atoms with E-state index in [4.69, 9.17) is 9.97 Å². The van der Waals surface area contributed by atoms with E-state index in [2.05, 4.69) is 334 Å². The highest BCUT2D eigenvalue weighted by atomic mass is 15.2. The minimum Gasteiger partial charge on any atom is -0.333 e. The molecule has 0 saturated carbocycles. The van der Waals surface area contributed by atoms with E-state index in [-0.39, 0.29) is 12.0 Å². The monoisotopic (exact) mass is 1170 g/mol. The van der Waals surface area contributed by atoms with Crippen LogP contribution in [0, 0.1) is 0 Å². The molecule has 0 N–H and O–H groups in total. The average Bonchev–Trinajstić information content (AvgIpc) is 1.59. The minimum absolute atomic E-state index is 0.0517. The van der Waals surface area contributed by atoms with Crippen molar-refractivity contribution >= 4 is 87.6 Å². The molecular formula is C86H54N6. The Labute approximate surface area is 530 Å². The number of allylic oxidation sites excluding steroid dienone is 2. The van der Waals surface area contributed by atoms with Gasteiger partial charge in [0.1, 0.15) is 0 Å². The van der Waals surface area contributed by atoms with Crippen LogP contribution in [0.2, 0.25) is 0 Å². The minimum atomic E-state index is 0.0517. The predicted octanol–water partition coefficient (Wildman–Crippen LogP) is 22.0. The number of anilines is 2. The van der Waals surface area contributed by atoms with Crippen molar-refractivity contribution in [1.29, 1.82) is 0 Å². The van der Waals surface area contributed by atoms with Crippen molar-refractivity contribution in [2.45, 2.75) is 12.0 Å². The molecule has 428 valence electrons. The van der Waals surface area contributed by atoms with E-state index in [1.54, 1.807) is 0 Å². The van der Waals surface area contributed by atoms with Crippen LogP contribution in [0.15, 0.2) is 315 Å². The second-order valence-electron chi connectivity index (χ2n) is 24.7. The zero-order chi connectivity index (χ0) is 60.1. The topological polar surface area (TPSA) is 43.8 Å². The van der Waals surface area contributed by atoms with Gasteiger partial charge in [-0.25, -0.2) is 9.97 Å². The zero-order valence-electron chi connectivity index (χ0n) is 49.9. The van der Waals surface area contributed by atoms with Gasteiger partial charge in [-0.2, -0.15) is 0 Å². The average molecular weight is 1170 g/mol. The molecule has 3 aliphatic rings. The Morgan fingerprint density at radius 3 is 1.35 bits per heavy atom. The molecule has 2 aliphatic carbocycles. The van der Waals surface area contributed by atoms with E-state index in [1.165, 1.54) is 98.7 Å². The molecule has 92 heavy (non-hydrogen) atoms. The Balaban J connectivity index is 0.744. The van der Waals surface area contributed by atoms with Crippen molar-refractivity contribution in [3.8, 4) is 84.3 Å². The van der Waals surface area contributed by atoms with Crippen LogP contribution in [0.1, 0.15) is 11.5 Å². The van der Waals surface area contributed by atoms with E-state index in [0.717, 1.165) is 73.0 Å². The highest BCUT2D eigenvalue weighted by Gasteiger charge is 2.40. The zero-order valence-corrected chi connectivity index (χ0v) is 49.9. The molecular weight excluding hydrogens is 1120 g/mol. The summed E-state index contributed by atoms with van der Waals surface area (Å²) >= 11 is 0. The van der Waals surface area contributed by atoms with E-state index in [1.807, 2.05) is 0 Å². The molecule has 13 aromatic carbocycles. The second kappa shape index (κ2) is 19.7. The highest BCUT2D eigenvalue weighted by Crippen LogP contribution is 2.55. The first-order valence-corrected chi connectivity index (χ1v) is 31.8. The molecule has 0 fully saturated rings. The lowest BCUT2D eigenvalue weighted by Gasteiger charge is -2.29. The molecule has 6 heteroatoms. The van der Waals surface area contributed by atoms with Gasteiger partial charge < -0.3 is 18.6 Å². The second-order valence-corrected chi connectivity index (χ2v) is 24.7. The smallest absolute Gasteiger partial charge is 0.160 e. The van der Waals surface area contributed by atoms with Crippen LogP contribution in [-0.2, 0) is 0 Å². The molecule has 0 saturated heterocycles. The summed E-state index contributed by atoms with van der Waals surface area (Å²) in [7, 11) is 0. The van der Waals surface area contributed by atoms with Gasteiger partial charge >= 0.3 is 0 Å². The fraction of sp³-hybridized carbons (Fsp3) is 0.0233. The Kier molecular flexibility index (Phi) is 10.9. The first-order chi connectivity index (χ1) is 45.7. The molecule has 0 radical (unpaired) electrons. The summed E-state index contributed by atoms with van der Waals surface area (Å²) in [6.45, 7) is 0. The first-order valence-electron chi connectivity index (χ1n) is 31.8. The number of hydrogen-bond donors (Lipinski definition) is 0. The molecule has 4 aromatic heterocycles. The van der Waals surface area contributed by atoms with Gasteiger partial charge in [0, 0.05) is 88.9 Å². The van der Waals surface area contributed by atoms with Gasteiger partial charge in [-0.15, -0.1) is 0 Å². The normalized spacial score (nSPS) is 14.6. The van der Waals surface area contributed by atoms with Crippen LogP contribution >= 0.6 is 0 Å². The van der Waals surface area contributed by atoms with Gasteiger partial charge in [0.05, 0.1) is 50.5 Å². The lowest BCUT2D eigenvalue weighted by Crippen LogP contribution is -2.28. The van der Waals surface area contributed by atoms with Crippen LogP contribution in [0.5, 0.6) is 0 Å². The van der Waals surface area contributed by atoms with Crippen LogP contribution in [0.3, 0.4) is 0 Å². The van der Waals surface area contributed by atoms with Gasteiger partial charge in [-0.3, -0.25) is 0 Å². The Morgan fingerprint density at radius 1 is 0.293 bits per heavy atom. The molecule has 6 nitrogen and oxygen atoms in total. The van der Waals surface area contributed by atoms with E-state index in [9.17, 15) is 0 Å². The maximum absolute atomic E-state index is 5.79. The van der Waals surface area contributed by atoms with E-state index < -0.39 is 0 Å². The van der Waals surface area contributed by atoms with Crippen molar-refractivity contribution in [1.82, 2.24) is 23.7 Å². The van der Waals surface area contributed by atoms with Crippen LogP contribution in [0.25, 0.3) is 161 Å². The van der Waals surface area contributed by atoms with Crippen molar-refractivity contribution in [2.24, 2.45) is 0 Å². The summed E-state index contributed by atoms with van der Waals surface area (Å²) in [5.74, 6) is 0.795. The Hall–Kier alpha value is -12.1. The molecule has 0 amide bonds. The maximum atomic E-state index is 5.79. The summed E-state index contributed by atoms with van der Waals surface area (Å²) in [5.41, 5.74) is 26.1. The quantitative estimate of drug-likeness (QED) is 0.152. The molecule has 2 atom stereocenters. The summed E-state index contributed by atoms with van der Waals surface area (Å²) in [5, 5.41) is 9.80. The lowest BCUT2D eigenvalue weighted by molar-refractivity contribution is 0.745. The largest absolute Gasteiger partial charge is 0.333 e. The summed E-state index contributed by atoms with van der Waals surface area (Å²) in [6.07, 6.45) is 9.25. The van der Waals surface area contributed by atoms with Gasteiger partial charge in [-0.1, -0.05) is 224 Å². The Morgan fingerprint density at radius 2 is 0.728 bits per heavy atom. The van der Waals surface area contributed by atoms with Crippen molar-refractivity contribution in [3.05, 3.63) is 321 Å². The van der Waals surface area contributed by atoms with Gasteiger partial charge in [-0.05, 0) is 135 Å². The van der Waals surface area contributed by atoms with Crippen LogP contribution in [-0.4, -0.2) is 29.7 Å². The van der Waals surface area contributed by atoms with Gasteiger partial charge in [0.2, 0.25) is 0 Å². The molecule has 0 bridgehead atoms. The fourth-order valence-corrected chi connectivity index (χ4v) is 16.2.